The first-order valence-electron chi connectivity index (χ1n) is 16.4. The number of esters is 1. The lowest BCUT2D eigenvalue weighted by Gasteiger charge is -2.23. The maximum absolute atomic E-state index is 11.7. The maximum atomic E-state index is 11.7. The molecule has 0 saturated heterocycles. The van der Waals surface area contributed by atoms with Crippen LogP contribution in [0.4, 0.5) is 5.69 Å². The first-order valence-corrected chi connectivity index (χ1v) is 16.4. The number of carbonyl (C=O) groups excluding carboxylic acids is 1. The Morgan fingerprint density at radius 1 is 0.922 bits per heavy atom. The van der Waals surface area contributed by atoms with Crippen LogP contribution in [0.1, 0.15) is 44.5 Å². The molecule has 0 bridgehead atoms. The molecule has 0 atom stereocenters. The van der Waals surface area contributed by atoms with E-state index in [1.54, 1.807) is 32.9 Å². The SMILES string of the molecule is C=C(C)C(=O)OCCN(CC)c1ccc(/C=C/c2ccc3nc(/C=C/C4=C(C#N)C(=C(C#N)C#N)OC4(C)C)c(-c4ccccc4)nc3c2)cc1. The van der Waals surface area contributed by atoms with Crippen LogP contribution in [-0.4, -0.2) is 41.2 Å². The lowest BCUT2D eigenvalue weighted by molar-refractivity contribution is -0.138. The van der Waals surface area contributed by atoms with Gasteiger partial charge in [0.05, 0.1) is 29.0 Å². The summed E-state index contributed by atoms with van der Waals surface area (Å²) in [6.45, 7) is 12.5. The summed E-state index contributed by atoms with van der Waals surface area (Å²) in [4.78, 5) is 23.9. The van der Waals surface area contributed by atoms with Crippen molar-refractivity contribution >= 4 is 40.9 Å². The molecule has 0 fully saturated rings. The topological polar surface area (TPSA) is 136 Å². The average Bonchev–Trinajstić information content (AvgIpc) is 3.40. The van der Waals surface area contributed by atoms with E-state index in [1.807, 2.05) is 97.1 Å². The Hall–Kier alpha value is -6.76. The highest BCUT2D eigenvalue weighted by atomic mass is 16.5. The fourth-order valence-corrected chi connectivity index (χ4v) is 5.59. The largest absolute Gasteiger partial charge is 0.480 e. The first kappa shape index (κ1) is 35.5. The van der Waals surface area contributed by atoms with Crippen molar-refractivity contribution in [2.75, 3.05) is 24.6 Å². The number of rotatable bonds is 11. The number of ether oxygens (including phenoxy) is 2. The quantitative estimate of drug-likeness (QED) is 0.0666. The second-order valence-electron chi connectivity index (χ2n) is 12.3. The molecular weight excluding hydrogens is 637 g/mol. The zero-order valence-electron chi connectivity index (χ0n) is 29.0. The monoisotopic (exact) mass is 672 g/mol. The van der Waals surface area contributed by atoms with Gasteiger partial charge < -0.3 is 14.4 Å². The zero-order valence-corrected chi connectivity index (χ0v) is 29.0. The molecule has 0 saturated carbocycles. The van der Waals surface area contributed by atoms with Gasteiger partial charge in [-0.05, 0) is 69.2 Å². The van der Waals surface area contributed by atoms with Crippen LogP contribution < -0.4 is 4.90 Å². The molecule has 0 unspecified atom stereocenters. The number of hydrogen-bond acceptors (Lipinski definition) is 9. The third-order valence-corrected chi connectivity index (χ3v) is 8.29. The van der Waals surface area contributed by atoms with E-state index in [4.69, 9.17) is 19.4 Å². The van der Waals surface area contributed by atoms with E-state index in [1.165, 1.54) is 0 Å². The zero-order chi connectivity index (χ0) is 36.5. The van der Waals surface area contributed by atoms with Crippen LogP contribution >= 0.6 is 0 Å². The van der Waals surface area contributed by atoms with Crippen molar-refractivity contribution in [3.8, 4) is 29.5 Å². The summed E-state index contributed by atoms with van der Waals surface area (Å²) in [5.74, 6) is -0.397. The third-order valence-electron chi connectivity index (χ3n) is 8.29. The molecule has 5 rings (SSSR count). The predicted molar refractivity (Wildman–Crippen MR) is 199 cm³/mol. The highest BCUT2D eigenvalue weighted by molar-refractivity contribution is 5.87. The van der Waals surface area contributed by atoms with Gasteiger partial charge >= 0.3 is 5.97 Å². The molecular formula is C42H36N6O3. The van der Waals surface area contributed by atoms with Crippen LogP contribution in [0.25, 0.3) is 40.5 Å². The molecule has 1 aliphatic rings. The molecule has 1 aromatic heterocycles. The lowest BCUT2D eigenvalue weighted by atomic mass is 9.94. The summed E-state index contributed by atoms with van der Waals surface area (Å²) in [6.07, 6.45) is 7.61. The molecule has 252 valence electrons. The molecule has 9 nitrogen and oxygen atoms in total. The first-order chi connectivity index (χ1) is 24.6. The fraction of sp³-hybridized carbons (Fsp3) is 0.190. The summed E-state index contributed by atoms with van der Waals surface area (Å²) in [6, 6.07) is 29.6. The number of fused-ring (bicyclic) bond motifs is 1. The number of nitrogens with zero attached hydrogens (tertiary/aromatic N) is 6. The minimum absolute atomic E-state index is 0.0155. The fourth-order valence-electron chi connectivity index (χ4n) is 5.59. The van der Waals surface area contributed by atoms with Crippen LogP contribution in [0.3, 0.4) is 0 Å². The average molecular weight is 673 g/mol. The van der Waals surface area contributed by atoms with Crippen LogP contribution in [0.15, 0.2) is 114 Å². The summed E-state index contributed by atoms with van der Waals surface area (Å²) in [5.41, 5.74) is 6.40. The van der Waals surface area contributed by atoms with Crippen molar-refractivity contribution in [3.05, 3.63) is 130 Å². The van der Waals surface area contributed by atoms with Gasteiger partial charge in [0.1, 0.15) is 36.0 Å². The van der Waals surface area contributed by atoms with Gasteiger partial charge in [-0.15, -0.1) is 0 Å². The maximum Gasteiger partial charge on any atom is 0.333 e. The molecule has 4 aromatic rings. The Morgan fingerprint density at radius 2 is 1.61 bits per heavy atom. The van der Waals surface area contributed by atoms with Crippen molar-refractivity contribution in [3.63, 3.8) is 0 Å². The van der Waals surface area contributed by atoms with E-state index in [9.17, 15) is 20.6 Å². The van der Waals surface area contributed by atoms with E-state index in [2.05, 4.69) is 24.5 Å². The van der Waals surface area contributed by atoms with Crippen LogP contribution in [0, 0.1) is 34.0 Å². The van der Waals surface area contributed by atoms with E-state index in [-0.39, 0.29) is 29.5 Å². The van der Waals surface area contributed by atoms with Gasteiger partial charge in [-0.2, -0.15) is 15.8 Å². The summed E-state index contributed by atoms with van der Waals surface area (Å²) < 4.78 is 11.2. The van der Waals surface area contributed by atoms with Crippen LogP contribution in [-0.2, 0) is 14.3 Å². The Labute approximate surface area is 298 Å². The van der Waals surface area contributed by atoms with Gasteiger partial charge in [-0.1, -0.05) is 73.3 Å². The second-order valence-corrected chi connectivity index (χ2v) is 12.3. The van der Waals surface area contributed by atoms with Crippen molar-refractivity contribution in [2.45, 2.75) is 33.3 Å². The smallest absolute Gasteiger partial charge is 0.333 e. The number of nitriles is 3. The van der Waals surface area contributed by atoms with Crippen molar-refractivity contribution in [2.24, 2.45) is 0 Å². The lowest BCUT2D eigenvalue weighted by Crippen LogP contribution is -2.28. The molecule has 2 heterocycles. The number of likely N-dealkylation sites (N-methyl/N-ethyl adjacent to an activating group) is 1. The van der Waals surface area contributed by atoms with Gasteiger partial charge in [0.25, 0.3) is 0 Å². The molecule has 9 heteroatoms. The number of carbonyl (C=O) groups is 1. The van der Waals surface area contributed by atoms with Gasteiger partial charge in [-0.3, -0.25) is 0 Å². The van der Waals surface area contributed by atoms with Crippen molar-refractivity contribution in [1.82, 2.24) is 9.97 Å². The minimum atomic E-state index is -0.953. The Balaban J connectivity index is 1.43. The summed E-state index contributed by atoms with van der Waals surface area (Å²) >= 11 is 0. The highest BCUT2D eigenvalue weighted by Crippen LogP contribution is 2.40. The molecule has 0 spiro atoms. The molecule has 0 aliphatic carbocycles. The molecule has 51 heavy (non-hydrogen) atoms. The number of anilines is 1. The predicted octanol–water partition coefficient (Wildman–Crippen LogP) is 8.36. The van der Waals surface area contributed by atoms with Gasteiger partial charge in [0, 0.05) is 28.9 Å². The van der Waals surface area contributed by atoms with Gasteiger partial charge in [0.15, 0.2) is 11.3 Å². The van der Waals surface area contributed by atoms with E-state index < -0.39 is 5.60 Å². The highest BCUT2D eigenvalue weighted by Gasteiger charge is 2.38. The number of benzene rings is 3. The summed E-state index contributed by atoms with van der Waals surface area (Å²) in [5, 5.41) is 28.8. The molecule has 0 radical (unpaired) electrons. The number of aromatic nitrogens is 2. The molecule has 0 N–H and O–H groups in total. The summed E-state index contributed by atoms with van der Waals surface area (Å²) in [7, 11) is 0. The third kappa shape index (κ3) is 8.11. The van der Waals surface area contributed by atoms with E-state index in [0.29, 0.717) is 40.1 Å². The standard InChI is InChI=1S/C42H36N6O3/c1-6-48(22-23-50-41(49)28(2)3)33-17-14-29(15-18-33)12-13-30-16-20-36-38(24-30)47-39(31-10-8-7-9-11-31)37(46-36)21-19-35-34(27-45)40(32(25-43)26-44)51-42(35,4)5/h7-21,24H,2,6,22-23H2,1,3-5H3/b13-12+,21-19+. The molecule has 3 aromatic carbocycles. The van der Waals surface area contributed by atoms with Gasteiger partial charge in [-0.25, -0.2) is 14.8 Å². The van der Waals surface area contributed by atoms with Gasteiger partial charge in [0.2, 0.25) is 0 Å². The Kier molecular flexibility index (Phi) is 10.9. The Bertz CT molecular complexity index is 2230. The molecule has 0 amide bonds. The van der Waals surface area contributed by atoms with E-state index >= 15 is 0 Å². The van der Waals surface area contributed by atoms with Crippen molar-refractivity contribution < 1.29 is 14.3 Å². The van der Waals surface area contributed by atoms with Crippen molar-refractivity contribution in [1.29, 1.82) is 15.8 Å². The number of allylic oxidation sites excluding steroid dienone is 2. The second kappa shape index (κ2) is 15.6. The molecule has 1 aliphatic heterocycles. The Morgan fingerprint density at radius 3 is 2.25 bits per heavy atom. The van der Waals surface area contributed by atoms with Crippen LogP contribution in [0.5, 0.6) is 0 Å². The normalized spacial score (nSPS) is 13.5. The van der Waals surface area contributed by atoms with Crippen LogP contribution in [0.2, 0.25) is 0 Å². The van der Waals surface area contributed by atoms with E-state index in [0.717, 1.165) is 28.9 Å². The minimum Gasteiger partial charge on any atom is -0.480 e. The number of hydrogen-bond donors (Lipinski definition) is 0.